The molecule has 0 aromatic rings. The molecule has 1 N–H and O–H groups in total. The Kier molecular flexibility index (Phi) is 5.90. The zero-order valence-corrected chi connectivity index (χ0v) is 10.0. The van der Waals surface area contributed by atoms with Crippen LogP contribution in [0.4, 0.5) is 0 Å². The lowest BCUT2D eigenvalue weighted by Gasteiger charge is -2.20. The Morgan fingerprint density at radius 1 is 1.27 bits per heavy atom. The molecular weight excluding hydrogens is 190 g/mol. The third kappa shape index (κ3) is 5.35. The van der Waals surface area contributed by atoms with Gasteiger partial charge in [0.2, 0.25) is 5.91 Å². The second kappa shape index (κ2) is 6.38. The lowest BCUT2D eigenvalue weighted by Crippen LogP contribution is -2.42. The summed E-state index contributed by atoms with van der Waals surface area (Å²) in [6, 6.07) is -0.379. The number of nitrogens with one attached hydrogen (secondary N) is 1. The topological polar surface area (TPSA) is 46.2 Å². The Morgan fingerprint density at radius 2 is 1.80 bits per heavy atom. The molecule has 0 saturated carbocycles. The van der Waals surface area contributed by atoms with Gasteiger partial charge in [-0.15, -0.1) is 0 Å². The van der Waals surface area contributed by atoms with Crippen LogP contribution in [-0.4, -0.2) is 17.7 Å². The van der Waals surface area contributed by atoms with Crippen molar-refractivity contribution < 1.29 is 9.59 Å². The summed E-state index contributed by atoms with van der Waals surface area (Å²) in [4.78, 5) is 22.9. The molecule has 0 saturated heterocycles. The molecule has 15 heavy (non-hydrogen) atoms. The largest absolute Gasteiger partial charge is 0.343 e. The van der Waals surface area contributed by atoms with Crippen LogP contribution in [0.2, 0.25) is 0 Å². The quantitative estimate of drug-likeness (QED) is 0.682. The fourth-order valence-corrected chi connectivity index (χ4v) is 1.35. The molecule has 0 aromatic carbocycles. The minimum atomic E-state index is -0.379. The van der Waals surface area contributed by atoms with E-state index >= 15 is 0 Å². The lowest BCUT2D eigenvalue weighted by atomic mass is 9.94. The van der Waals surface area contributed by atoms with Gasteiger partial charge in [-0.1, -0.05) is 34.3 Å². The van der Waals surface area contributed by atoms with Gasteiger partial charge in [-0.2, -0.15) is 0 Å². The lowest BCUT2D eigenvalue weighted by molar-refractivity contribution is -0.128. The van der Waals surface area contributed by atoms with Crippen LogP contribution in [0.15, 0.2) is 12.7 Å². The van der Waals surface area contributed by atoms with Gasteiger partial charge in [0.15, 0.2) is 5.78 Å². The third-order valence-electron chi connectivity index (χ3n) is 2.12. The molecule has 1 unspecified atom stereocenters. The van der Waals surface area contributed by atoms with Gasteiger partial charge in [0.05, 0.1) is 6.04 Å². The fourth-order valence-electron chi connectivity index (χ4n) is 1.35. The number of carbonyl (C=O) groups is 2. The van der Waals surface area contributed by atoms with E-state index in [1.807, 2.05) is 27.7 Å². The number of hydrogen-bond acceptors (Lipinski definition) is 2. The second-order valence-electron chi connectivity index (χ2n) is 4.45. The van der Waals surface area contributed by atoms with Crippen LogP contribution in [0.1, 0.15) is 34.1 Å². The molecule has 0 fully saturated rings. The monoisotopic (exact) mass is 211 g/mol. The summed E-state index contributed by atoms with van der Waals surface area (Å²) in [6.07, 6.45) is 1.87. The SMILES string of the molecule is C=CC(=O)NC(CC(C)C)C(=O)C(C)C. The van der Waals surface area contributed by atoms with Crippen LogP contribution in [0.3, 0.4) is 0 Å². The van der Waals surface area contributed by atoms with E-state index in [1.165, 1.54) is 6.08 Å². The summed E-state index contributed by atoms with van der Waals surface area (Å²) in [6.45, 7) is 11.1. The van der Waals surface area contributed by atoms with E-state index in [-0.39, 0.29) is 23.7 Å². The van der Waals surface area contributed by atoms with E-state index in [0.717, 1.165) is 0 Å². The van der Waals surface area contributed by atoms with E-state index in [0.29, 0.717) is 12.3 Å². The molecule has 1 amide bonds. The average Bonchev–Trinajstić information content (AvgIpc) is 2.14. The second-order valence-corrected chi connectivity index (χ2v) is 4.45. The first-order valence-electron chi connectivity index (χ1n) is 5.35. The number of amides is 1. The highest BCUT2D eigenvalue weighted by Gasteiger charge is 2.22. The standard InChI is InChI=1S/C12H21NO2/c1-6-11(14)13-10(7-8(2)3)12(15)9(4)5/h6,8-10H,1,7H2,2-5H3,(H,13,14). The van der Waals surface area contributed by atoms with Gasteiger partial charge in [0.1, 0.15) is 0 Å². The summed E-state index contributed by atoms with van der Waals surface area (Å²) in [5.74, 6) is 0.121. The molecule has 3 nitrogen and oxygen atoms in total. The van der Waals surface area contributed by atoms with E-state index in [9.17, 15) is 9.59 Å². The maximum absolute atomic E-state index is 11.8. The molecule has 1 atom stereocenters. The smallest absolute Gasteiger partial charge is 0.243 e. The molecule has 0 aliphatic rings. The Morgan fingerprint density at radius 3 is 2.13 bits per heavy atom. The minimum Gasteiger partial charge on any atom is -0.343 e. The van der Waals surface area contributed by atoms with E-state index < -0.39 is 0 Å². The molecule has 0 aliphatic heterocycles. The molecular formula is C12H21NO2. The fraction of sp³-hybridized carbons (Fsp3) is 0.667. The van der Waals surface area contributed by atoms with Crippen LogP contribution < -0.4 is 5.32 Å². The summed E-state index contributed by atoms with van der Waals surface area (Å²) in [7, 11) is 0. The minimum absolute atomic E-state index is 0.0566. The van der Waals surface area contributed by atoms with Gasteiger partial charge in [-0.3, -0.25) is 9.59 Å². The predicted molar refractivity (Wildman–Crippen MR) is 61.4 cm³/mol. The highest BCUT2D eigenvalue weighted by Crippen LogP contribution is 2.10. The Bertz CT molecular complexity index is 244. The number of hydrogen-bond donors (Lipinski definition) is 1. The number of carbonyl (C=O) groups excluding carboxylic acids is 2. The molecule has 3 heteroatoms. The third-order valence-corrected chi connectivity index (χ3v) is 2.12. The van der Waals surface area contributed by atoms with Crippen molar-refractivity contribution in [1.29, 1.82) is 0 Å². The van der Waals surface area contributed by atoms with Crippen LogP contribution in [0.25, 0.3) is 0 Å². The van der Waals surface area contributed by atoms with Gasteiger partial charge in [-0.05, 0) is 18.4 Å². The first-order valence-corrected chi connectivity index (χ1v) is 5.35. The van der Waals surface area contributed by atoms with Gasteiger partial charge in [-0.25, -0.2) is 0 Å². The average molecular weight is 211 g/mol. The molecule has 0 spiro atoms. The molecule has 0 aliphatic carbocycles. The number of Topliss-reactive ketones (excluding diaryl/α,β-unsaturated/α-hetero) is 1. The Hall–Kier alpha value is -1.12. The number of rotatable bonds is 6. The first-order chi connectivity index (χ1) is 6.88. The first kappa shape index (κ1) is 13.9. The van der Waals surface area contributed by atoms with Crippen LogP contribution >= 0.6 is 0 Å². The molecule has 86 valence electrons. The van der Waals surface area contributed by atoms with Crippen LogP contribution in [0, 0.1) is 11.8 Å². The van der Waals surface area contributed by atoms with Gasteiger partial charge in [0, 0.05) is 5.92 Å². The maximum atomic E-state index is 11.8. The van der Waals surface area contributed by atoms with Crippen molar-refractivity contribution in [3.8, 4) is 0 Å². The summed E-state index contributed by atoms with van der Waals surface area (Å²) >= 11 is 0. The summed E-state index contributed by atoms with van der Waals surface area (Å²) in [5.41, 5.74) is 0. The zero-order chi connectivity index (χ0) is 12.0. The zero-order valence-electron chi connectivity index (χ0n) is 10.0. The number of ketones is 1. The van der Waals surface area contributed by atoms with Crippen LogP contribution in [0.5, 0.6) is 0 Å². The van der Waals surface area contributed by atoms with Crippen molar-refractivity contribution in [3.05, 3.63) is 12.7 Å². The van der Waals surface area contributed by atoms with Crippen molar-refractivity contribution >= 4 is 11.7 Å². The molecule has 0 heterocycles. The maximum Gasteiger partial charge on any atom is 0.243 e. The van der Waals surface area contributed by atoms with Crippen molar-refractivity contribution in [3.63, 3.8) is 0 Å². The van der Waals surface area contributed by atoms with E-state index in [4.69, 9.17) is 0 Å². The normalized spacial score (nSPS) is 12.7. The van der Waals surface area contributed by atoms with Crippen molar-refractivity contribution in [2.45, 2.75) is 40.2 Å². The highest BCUT2D eigenvalue weighted by atomic mass is 16.2. The van der Waals surface area contributed by atoms with E-state index in [2.05, 4.69) is 11.9 Å². The Labute approximate surface area is 91.9 Å². The van der Waals surface area contributed by atoms with Crippen molar-refractivity contribution in [1.82, 2.24) is 5.32 Å². The molecule has 0 radical (unpaired) electrons. The predicted octanol–water partition coefficient (Wildman–Crippen LogP) is 1.93. The molecule has 0 aromatic heterocycles. The summed E-state index contributed by atoms with van der Waals surface area (Å²) < 4.78 is 0. The molecule has 0 rings (SSSR count). The van der Waals surface area contributed by atoms with Gasteiger partial charge < -0.3 is 5.32 Å². The molecule has 0 bridgehead atoms. The van der Waals surface area contributed by atoms with Crippen LogP contribution in [-0.2, 0) is 9.59 Å². The van der Waals surface area contributed by atoms with E-state index in [1.54, 1.807) is 0 Å². The Balaban J connectivity index is 4.50. The van der Waals surface area contributed by atoms with Crippen molar-refractivity contribution in [2.24, 2.45) is 11.8 Å². The highest BCUT2D eigenvalue weighted by molar-refractivity contribution is 5.93. The summed E-state index contributed by atoms with van der Waals surface area (Å²) in [5, 5.41) is 2.67. The van der Waals surface area contributed by atoms with Gasteiger partial charge >= 0.3 is 0 Å². The van der Waals surface area contributed by atoms with Crippen molar-refractivity contribution in [2.75, 3.05) is 0 Å². The van der Waals surface area contributed by atoms with Gasteiger partial charge in [0.25, 0.3) is 0 Å².